The van der Waals surface area contributed by atoms with Crippen LogP contribution < -0.4 is 9.62 Å². The Morgan fingerprint density at radius 3 is 2.48 bits per heavy atom. The summed E-state index contributed by atoms with van der Waals surface area (Å²) < 4.78 is 64.7. The molecule has 2 aromatic rings. The Hall–Kier alpha value is -1.91. The SMILES string of the molecule is CS(=O)(=O)N(CC(=O)NCCSCc1c(F)cccc1Cl)c1ccc(F)c(F)c1. The first-order chi connectivity index (χ1) is 13.6. The van der Waals surface area contributed by atoms with E-state index in [-0.39, 0.29) is 12.2 Å². The molecule has 0 spiro atoms. The van der Waals surface area contributed by atoms with E-state index in [1.807, 2.05) is 0 Å². The highest BCUT2D eigenvalue weighted by atomic mass is 35.5. The van der Waals surface area contributed by atoms with Gasteiger partial charge in [-0.15, -0.1) is 0 Å². The zero-order valence-electron chi connectivity index (χ0n) is 15.3. The first kappa shape index (κ1) is 23.4. The molecule has 29 heavy (non-hydrogen) atoms. The van der Waals surface area contributed by atoms with E-state index in [9.17, 15) is 26.4 Å². The number of nitrogens with one attached hydrogen (secondary N) is 1. The number of carbonyl (C=O) groups excluding carboxylic acids is 1. The zero-order chi connectivity index (χ0) is 21.6. The van der Waals surface area contributed by atoms with Crippen molar-refractivity contribution in [2.45, 2.75) is 5.75 Å². The number of hydrogen-bond donors (Lipinski definition) is 1. The van der Waals surface area contributed by atoms with Crippen molar-refractivity contribution in [2.75, 3.05) is 29.4 Å². The molecule has 2 aromatic carbocycles. The third-order valence-electron chi connectivity index (χ3n) is 3.76. The average Bonchev–Trinajstić information content (AvgIpc) is 2.63. The molecule has 11 heteroatoms. The number of halogens is 4. The number of amides is 1. The highest BCUT2D eigenvalue weighted by Gasteiger charge is 2.22. The Balaban J connectivity index is 1.88. The summed E-state index contributed by atoms with van der Waals surface area (Å²) in [4.78, 5) is 12.1. The number of carbonyl (C=O) groups is 1. The summed E-state index contributed by atoms with van der Waals surface area (Å²) >= 11 is 7.27. The Kier molecular flexibility index (Phi) is 8.23. The van der Waals surface area contributed by atoms with E-state index in [0.717, 1.165) is 18.4 Å². The average molecular weight is 467 g/mol. The second-order valence-electron chi connectivity index (χ2n) is 5.97. The van der Waals surface area contributed by atoms with Gasteiger partial charge in [0.05, 0.1) is 11.9 Å². The summed E-state index contributed by atoms with van der Waals surface area (Å²) in [6.45, 7) is -0.390. The van der Waals surface area contributed by atoms with Crippen LogP contribution in [0.4, 0.5) is 18.9 Å². The van der Waals surface area contributed by atoms with Crippen LogP contribution in [0.15, 0.2) is 36.4 Å². The molecule has 0 aromatic heterocycles. The minimum atomic E-state index is -3.90. The quantitative estimate of drug-likeness (QED) is 0.574. The summed E-state index contributed by atoms with van der Waals surface area (Å²) in [5, 5.41) is 2.85. The topological polar surface area (TPSA) is 66.5 Å². The summed E-state index contributed by atoms with van der Waals surface area (Å²) in [5.41, 5.74) is 0.206. The molecular formula is C18H18ClF3N2O3S2. The van der Waals surface area contributed by atoms with E-state index in [1.165, 1.54) is 23.9 Å². The van der Waals surface area contributed by atoms with Crippen LogP contribution in [-0.2, 0) is 20.6 Å². The second kappa shape index (κ2) is 10.2. The lowest BCUT2D eigenvalue weighted by molar-refractivity contribution is -0.119. The Bertz CT molecular complexity index is 970. The van der Waals surface area contributed by atoms with Crippen LogP contribution in [0.5, 0.6) is 0 Å². The molecule has 5 nitrogen and oxygen atoms in total. The van der Waals surface area contributed by atoms with E-state index in [1.54, 1.807) is 6.07 Å². The first-order valence-electron chi connectivity index (χ1n) is 8.29. The molecule has 0 aliphatic carbocycles. The summed E-state index contributed by atoms with van der Waals surface area (Å²) in [7, 11) is -3.90. The molecular weight excluding hydrogens is 449 g/mol. The normalized spacial score (nSPS) is 11.3. The van der Waals surface area contributed by atoms with Crippen molar-refractivity contribution >= 4 is 45.0 Å². The highest BCUT2D eigenvalue weighted by Crippen LogP contribution is 2.24. The molecule has 1 amide bonds. The van der Waals surface area contributed by atoms with Gasteiger partial charge in [0.15, 0.2) is 11.6 Å². The van der Waals surface area contributed by atoms with Gasteiger partial charge in [-0.3, -0.25) is 9.10 Å². The van der Waals surface area contributed by atoms with Crippen LogP contribution in [0, 0.1) is 17.5 Å². The Morgan fingerprint density at radius 2 is 1.86 bits per heavy atom. The molecule has 1 N–H and O–H groups in total. The molecule has 0 atom stereocenters. The van der Waals surface area contributed by atoms with Gasteiger partial charge in [-0.25, -0.2) is 21.6 Å². The lowest BCUT2D eigenvalue weighted by Crippen LogP contribution is -2.41. The third-order valence-corrected chi connectivity index (χ3v) is 6.24. The van der Waals surface area contributed by atoms with Gasteiger partial charge < -0.3 is 5.32 Å². The van der Waals surface area contributed by atoms with Crippen LogP contribution in [0.1, 0.15) is 5.56 Å². The largest absolute Gasteiger partial charge is 0.354 e. The van der Waals surface area contributed by atoms with Gasteiger partial charge in [0.25, 0.3) is 0 Å². The fourth-order valence-electron chi connectivity index (χ4n) is 2.33. The smallest absolute Gasteiger partial charge is 0.240 e. The molecule has 0 fully saturated rings. The van der Waals surface area contributed by atoms with Gasteiger partial charge >= 0.3 is 0 Å². The molecule has 0 unspecified atom stereocenters. The number of thioether (sulfide) groups is 1. The number of hydrogen-bond acceptors (Lipinski definition) is 4. The van der Waals surface area contributed by atoms with E-state index < -0.39 is 39.9 Å². The fraction of sp³-hybridized carbons (Fsp3) is 0.278. The predicted octanol–water partition coefficient (Wildman–Crippen LogP) is 3.57. The number of benzene rings is 2. The highest BCUT2D eigenvalue weighted by molar-refractivity contribution is 7.98. The summed E-state index contributed by atoms with van der Waals surface area (Å²) in [6.07, 6.45) is 0.857. The van der Waals surface area contributed by atoms with Crippen molar-refractivity contribution in [3.63, 3.8) is 0 Å². The van der Waals surface area contributed by atoms with E-state index >= 15 is 0 Å². The molecule has 2 rings (SSSR count). The van der Waals surface area contributed by atoms with E-state index in [4.69, 9.17) is 11.6 Å². The van der Waals surface area contributed by atoms with Crippen molar-refractivity contribution in [1.29, 1.82) is 0 Å². The molecule has 0 aliphatic rings. The van der Waals surface area contributed by atoms with Gasteiger partial charge in [0, 0.05) is 34.7 Å². The van der Waals surface area contributed by atoms with Gasteiger partial charge in [0.1, 0.15) is 12.4 Å². The van der Waals surface area contributed by atoms with Crippen LogP contribution in [-0.4, -0.2) is 39.4 Å². The zero-order valence-corrected chi connectivity index (χ0v) is 17.7. The van der Waals surface area contributed by atoms with E-state index in [2.05, 4.69) is 5.32 Å². The van der Waals surface area contributed by atoms with Crippen molar-refractivity contribution in [3.8, 4) is 0 Å². The lowest BCUT2D eigenvalue weighted by atomic mass is 10.2. The number of anilines is 1. The van der Waals surface area contributed by atoms with Crippen LogP contribution >= 0.6 is 23.4 Å². The molecule has 158 valence electrons. The fourth-order valence-corrected chi connectivity index (χ4v) is 4.38. The van der Waals surface area contributed by atoms with Crippen molar-refractivity contribution in [2.24, 2.45) is 0 Å². The lowest BCUT2D eigenvalue weighted by Gasteiger charge is -2.22. The van der Waals surface area contributed by atoms with E-state index in [0.29, 0.717) is 32.5 Å². The monoisotopic (exact) mass is 466 g/mol. The van der Waals surface area contributed by atoms with Crippen molar-refractivity contribution < 1.29 is 26.4 Å². The van der Waals surface area contributed by atoms with Crippen molar-refractivity contribution in [3.05, 3.63) is 64.4 Å². The first-order valence-corrected chi connectivity index (χ1v) is 11.7. The molecule has 0 heterocycles. The number of rotatable bonds is 9. The maximum Gasteiger partial charge on any atom is 0.240 e. The van der Waals surface area contributed by atoms with Crippen LogP contribution in [0.2, 0.25) is 5.02 Å². The minimum absolute atomic E-state index is 0.162. The standard InChI is InChI=1S/C18H18ClF3N2O3S2/c1-29(26,27)24(12-5-6-16(21)17(22)9-12)10-18(25)23-7-8-28-11-13-14(19)3-2-4-15(13)20/h2-6,9H,7-8,10-11H2,1H3,(H,23,25). The van der Waals surface area contributed by atoms with Crippen molar-refractivity contribution in [1.82, 2.24) is 5.32 Å². The molecule has 0 bridgehead atoms. The molecule has 0 radical (unpaired) electrons. The minimum Gasteiger partial charge on any atom is -0.354 e. The number of nitrogens with zero attached hydrogens (tertiary/aromatic N) is 1. The van der Waals surface area contributed by atoms with Gasteiger partial charge in [0.2, 0.25) is 15.9 Å². The molecule has 0 saturated heterocycles. The van der Waals surface area contributed by atoms with Crippen LogP contribution in [0.3, 0.4) is 0 Å². The Morgan fingerprint density at radius 1 is 1.14 bits per heavy atom. The van der Waals surface area contributed by atoms with Crippen LogP contribution in [0.25, 0.3) is 0 Å². The maximum absolute atomic E-state index is 13.7. The Labute approximate surface area is 176 Å². The third kappa shape index (κ3) is 6.83. The predicted molar refractivity (Wildman–Crippen MR) is 109 cm³/mol. The molecule has 0 saturated carbocycles. The van der Waals surface area contributed by atoms with Gasteiger partial charge in [-0.05, 0) is 24.3 Å². The van der Waals surface area contributed by atoms with Gasteiger partial charge in [-0.2, -0.15) is 11.8 Å². The maximum atomic E-state index is 13.7. The summed E-state index contributed by atoms with van der Waals surface area (Å²) in [5.74, 6) is -2.64. The summed E-state index contributed by atoms with van der Waals surface area (Å²) in [6, 6.07) is 6.96. The second-order valence-corrected chi connectivity index (χ2v) is 9.39. The van der Waals surface area contributed by atoms with Gasteiger partial charge in [-0.1, -0.05) is 17.7 Å². The number of sulfonamides is 1. The molecule has 0 aliphatic heterocycles.